The van der Waals surface area contributed by atoms with Crippen LogP contribution >= 0.6 is 0 Å². The number of ether oxygens (including phenoxy) is 1. The standard InChI is InChI=1S/C14H26N2O4/c1-3-12(14(19)20-4-2)16-7-5-6-11(10-16)8-15-9-13(17)18/h11-12,15H,3-10H2,1-2H3,(H,17,18). The molecule has 2 atom stereocenters. The molecule has 1 saturated heterocycles. The number of nitrogens with one attached hydrogen (secondary N) is 1. The average molecular weight is 286 g/mol. The molecule has 6 nitrogen and oxygen atoms in total. The van der Waals surface area contributed by atoms with Crippen LogP contribution in [0.2, 0.25) is 0 Å². The summed E-state index contributed by atoms with van der Waals surface area (Å²) in [6.07, 6.45) is 2.85. The molecular formula is C14H26N2O4. The van der Waals surface area contributed by atoms with Gasteiger partial charge in [0, 0.05) is 6.54 Å². The molecule has 116 valence electrons. The van der Waals surface area contributed by atoms with E-state index in [1.165, 1.54) is 0 Å². The van der Waals surface area contributed by atoms with Crippen molar-refractivity contribution in [2.24, 2.45) is 5.92 Å². The molecule has 20 heavy (non-hydrogen) atoms. The van der Waals surface area contributed by atoms with Crippen molar-refractivity contribution in [2.75, 3.05) is 32.8 Å². The van der Waals surface area contributed by atoms with Crippen LogP contribution in [0.4, 0.5) is 0 Å². The lowest BCUT2D eigenvalue weighted by Gasteiger charge is -2.36. The number of carbonyl (C=O) groups excluding carboxylic acids is 1. The molecule has 2 N–H and O–H groups in total. The second-order valence-electron chi connectivity index (χ2n) is 5.20. The number of carboxylic acids is 1. The van der Waals surface area contributed by atoms with Gasteiger partial charge < -0.3 is 15.2 Å². The molecule has 1 aliphatic heterocycles. The van der Waals surface area contributed by atoms with Gasteiger partial charge in [0.1, 0.15) is 6.04 Å². The molecule has 0 spiro atoms. The first-order chi connectivity index (χ1) is 9.58. The van der Waals surface area contributed by atoms with Gasteiger partial charge in [-0.2, -0.15) is 0 Å². The molecular weight excluding hydrogens is 260 g/mol. The highest BCUT2D eigenvalue weighted by atomic mass is 16.5. The van der Waals surface area contributed by atoms with E-state index >= 15 is 0 Å². The Morgan fingerprint density at radius 1 is 1.45 bits per heavy atom. The minimum Gasteiger partial charge on any atom is -0.480 e. The summed E-state index contributed by atoms with van der Waals surface area (Å²) in [4.78, 5) is 24.6. The minimum absolute atomic E-state index is 0.00835. The second kappa shape index (κ2) is 8.92. The molecule has 0 saturated carbocycles. The third-order valence-electron chi connectivity index (χ3n) is 3.65. The largest absolute Gasteiger partial charge is 0.480 e. The molecule has 0 aromatic heterocycles. The van der Waals surface area contributed by atoms with Crippen LogP contribution < -0.4 is 5.32 Å². The summed E-state index contributed by atoms with van der Waals surface area (Å²) in [5.41, 5.74) is 0. The van der Waals surface area contributed by atoms with Crippen LogP contribution in [0.25, 0.3) is 0 Å². The third-order valence-corrected chi connectivity index (χ3v) is 3.65. The van der Waals surface area contributed by atoms with Crippen LogP contribution in [0.15, 0.2) is 0 Å². The van der Waals surface area contributed by atoms with Crippen molar-refractivity contribution >= 4 is 11.9 Å². The highest BCUT2D eigenvalue weighted by Crippen LogP contribution is 2.20. The Bertz CT molecular complexity index is 322. The van der Waals surface area contributed by atoms with Crippen molar-refractivity contribution < 1.29 is 19.4 Å². The van der Waals surface area contributed by atoms with Gasteiger partial charge in [-0.05, 0) is 45.2 Å². The van der Waals surface area contributed by atoms with E-state index in [0.29, 0.717) is 19.1 Å². The Labute approximate surface area is 120 Å². The number of hydrogen-bond donors (Lipinski definition) is 2. The maximum absolute atomic E-state index is 11.9. The monoisotopic (exact) mass is 286 g/mol. The van der Waals surface area contributed by atoms with E-state index in [0.717, 1.165) is 32.4 Å². The van der Waals surface area contributed by atoms with Crippen molar-refractivity contribution in [1.82, 2.24) is 10.2 Å². The summed E-state index contributed by atoms with van der Waals surface area (Å²) >= 11 is 0. The van der Waals surface area contributed by atoms with Crippen LogP contribution in [0.1, 0.15) is 33.1 Å². The number of piperidine rings is 1. The van der Waals surface area contributed by atoms with Gasteiger partial charge in [-0.1, -0.05) is 6.92 Å². The number of carbonyl (C=O) groups is 2. The Balaban J connectivity index is 2.45. The zero-order chi connectivity index (χ0) is 15.0. The highest BCUT2D eigenvalue weighted by Gasteiger charge is 2.29. The number of nitrogens with zero attached hydrogens (tertiary/aromatic N) is 1. The van der Waals surface area contributed by atoms with Crippen LogP contribution in [0.3, 0.4) is 0 Å². The predicted molar refractivity (Wildman–Crippen MR) is 75.5 cm³/mol. The summed E-state index contributed by atoms with van der Waals surface area (Å²) in [5, 5.41) is 11.6. The first-order valence-corrected chi connectivity index (χ1v) is 7.41. The van der Waals surface area contributed by atoms with E-state index in [-0.39, 0.29) is 18.6 Å². The fourth-order valence-corrected chi connectivity index (χ4v) is 2.74. The normalized spacial score (nSPS) is 21.4. The summed E-state index contributed by atoms with van der Waals surface area (Å²) in [5.74, 6) is -0.587. The zero-order valence-electron chi connectivity index (χ0n) is 12.4. The maximum Gasteiger partial charge on any atom is 0.323 e. The third kappa shape index (κ3) is 5.46. The van der Waals surface area contributed by atoms with E-state index < -0.39 is 5.97 Å². The molecule has 0 aliphatic carbocycles. The molecule has 0 radical (unpaired) electrons. The van der Waals surface area contributed by atoms with Gasteiger partial charge in [-0.25, -0.2) is 0 Å². The highest BCUT2D eigenvalue weighted by molar-refractivity contribution is 5.75. The Morgan fingerprint density at radius 2 is 2.20 bits per heavy atom. The first-order valence-electron chi connectivity index (χ1n) is 7.41. The van der Waals surface area contributed by atoms with E-state index in [9.17, 15) is 9.59 Å². The Kier molecular flexibility index (Phi) is 7.54. The molecule has 0 aromatic carbocycles. The molecule has 1 aliphatic rings. The van der Waals surface area contributed by atoms with E-state index in [1.54, 1.807) is 0 Å². The van der Waals surface area contributed by atoms with Crippen LogP contribution in [0.5, 0.6) is 0 Å². The lowest BCUT2D eigenvalue weighted by Crippen LogP contribution is -2.48. The number of rotatable bonds is 8. The molecule has 0 bridgehead atoms. The average Bonchev–Trinajstić information content (AvgIpc) is 2.40. The fraction of sp³-hybridized carbons (Fsp3) is 0.857. The number of esters is 1. The molecule has 0 aromatic rings. The topological polar surface area (TPSA) is 78.9 Å². The van der Waals surface area contributed by atoms with Gasteiger partial charge >= 0.3 is 11.9 Å². The number of hydrogen-bond acceptors (Lipinski definition) is 5. The van der Waals surface area contributed by atoms with Crippen molar-refractivity contribution in [1.29, 1.82) is 0 Å². The van der Waals surface area contributed by atoms with Crippen molar-refractivity contribution in [3.8, 4) is 0 Å². The summed E-state index contributed by atoms with van der Waals surface area (Å²) in [7, 11) is 0. The van der Waals surface area contributed by atoms with Crippen LogP contribution in [-0.4, -0.2) is 60.8 Å². The van der Waals surface area contributed by atoms with Gasteiger partial charge in [-0.3, -0.25) is 14.5 Å². The Hall–Kier alpha value is -1.14. The van der Waals surface area contributed by atoms with Crippen molar-refractivity contribution in [3.63, 3.8) is 0 Å². The molecule has 0 amide bonds. The zero-order valence-corrected chi connectivity index (χ0v) is 12.4. The molecule has 1 rings (SSSR count). The van der Waals surface area contributed by atoms with Gasteiger partial charge in [0.25, 0.3) is 0 Å². The van der Waals surface area contributed by atoms with E-state index in [1.807, 2.05) is 13.8 Å². The lowest BCUT2D eigenvalue weighted by molar-refractivity contribution is -0.150. The number of likely N-dealkylation sites (tertiary alicyclic amines) is 1. The number of carboxylic acid groups (broad SMARTS) is 1. The maximum atomic E-state index is 11.9. The number of aliphatic carboxylic acids is 1. The first kappa shape index (κ1) is 16.9. The molecule has 1 heterocycles. The predicted octanol–water partition coefficient (Wildman–Crippen LogP) is 0.714. The van der Waals surface area contributed by atoms with Gasteiger partial charge in [0.2, 0.25) is 0 Å². The van der Waals surface area contributed by atoms with Crippen molar-refractivity contribution in [2.45, 2.75) is 39.2 Å². The van der Waals surface area contributed by atoms with Gasteiger partial charge in [-0.15, -0.1) is 0 Å². The summed E-state index contributed by atoms with van der Waals surface area (Å²) in [6, 6.07) is -0.169. The fourth-order valence-electron chi connectivity index (χ4n) is 2.74. The van der Waals surface area contributed by atoms with E-state index in [2.05, 4.69) is 10.2 Å². The van der Waals surface area contributed by atoms with Gasteiger partial charge in [0.15, 0.2) is 0 Å². The Morgan fingerprint density at radius 3 is 2.80 bits per heavy atom. The van der Waals surface area contributed by atoms with Crippen LogP contribution in [-0.2, 0) is 14.3 Å². The van der Waals surface area contributed by atoms with Crippen molar-refractivity contribution in [3.05, 3.63) is 0 Å². The quantitative estimate of drug-likeness (QED) is 0.640. The van der Waals surface area contributed by atoms with Gasteiger partial charge in [0.05, 0.1) is 13.2 Å². The second-order valence-corrected chi connectivity index (χ2v) is 5.20. The molecule has 6 heteroatoms. The molecule has 2 unspecified atom stereocenters. The van der Waals surface area contributed by atoms with Crippen LogP contribution in [0, 0.1) is 5.92 Å². The molecule has 1 fully saturated rings. The summed E-state index contributed by atoms with van der Waals surface area (Å²) in [6.45, 7) is 6.63. The lowest BCUT2D eigenvalue weighted by atomic mass is 9.96. The SMILES string of the molecule is CCOC(=O)C(CC)N1CCCC(CNCC(=O)O)C1. The van der Waals surface area contributed by atoms with E-state index in [4.69, 9.17) is 9.84 Å². The minimum atomic E-state index is -0.837. The summed E-state index contributed by atoms with van der Waals surface area (Å²) < 4.78 is 5.12. The smallest absolute Gasteiger partial charge is 0.323 e.